The van der Waals surface area contributed by atoms with Crippen LogP contribution < -0.4 is 5.32 Å². The second kappa shape index (κ2) is 9.12. The normalized spacial score (nSPS) is 16.6. The molecule has 1 aliphatic rings. The largest absolute Gasteiger partial charge is 0.334 e. The zero-order valence-corrected chi connectivity index (χ0v) is 18.7. The van der Waals surface area contributed by atoms with Crippen LogP contribution in [0.2, 0.25) is 10.0 Å². The van der Waals surface area contributed by atoms with Crippen molar-refractivity contribution in [3.8, 4) is 11.4 Å². The lowest BCUT2D eigenvalue weighted by Crippen LogP contribution is -2.46. The first kappa shape index (κ1) is 21.4. The molecule has 0 bridgehead atoms. The van der Waals surface area contributed by atoms with E-state index in [1.165, 1.54) is 0 Å². The van der Waals surface area contributed by atoms with Gasteiger partial charge in [-0.1, -0.05) is 53.8 Å². The summed E-state index contributed by atoms with van der Waals surface area (Å²) in [5.74, 6) is 0.822. The molecule has 0 saturated carbocycles. The van der Waals surface area contributed by atoms with E-state index >= 15 is 0 Å². The number of hydrogen-bond acceptors (Lipinski definition) is 4. The number of rotatable bonds is 6. The van der Waals surface area contributed by atoms with Crippen LogP contribution in [-0.4, -0.2) is 27.6 Å². The van der Waals surface area contributed by atoms with E-state index in [1.54, 1.807) is 29.2 Å². The SMILES string of the molecule is CCCCN1C(=O)NC(c2ccc(Cl)cc2)C(c2nc(-c3ccc(Cl)cc3)no2)=C1C. The summed E-state index contributed by atoms with van der Waals surface area (Å²) in [5, 5.41) is 8.51. The predicted octanol–water partition coefficient (Wildman–Crippen LogP) is 6.34. The summed E-state index contributed by atoms with van der Waals surface area (Å²) >= 11 is 12.1. The molecule has 1 aliphatic heterocycles. The molecule has 2 aromatic carbocycles. The Bertz CT molecular complexity index is 1110. The fourth-order valence-electron chi connectivity index (χ4n) is 3.60. The number of carbonyl (C=O) groups excluding carboxylic acids is 1. The molecule has 0 radical (unpaired) electrons. The summed E-state index contributed by atoms with van der Waals surface area (Å²) in [4.78, 5) is 19.2. The first-order valence-electron chi connectivity index (χ1n) is 10.1. The highest BCUT2D eigenvalue weighted by molar-refractivity contribution is 6.30. The molecular weight excluding hydrogens is 435 g/mol. The third-order valence-corrected chi connectivity index (χ3v) is 5.80. The molecule has 0 fully saturated rings. The van der Waals surface area contributed by atoms with Crippen molar-refractivity contribution in [2.24, 2.45) is 0 Å². The lowest BCUT2D eigenvalue weighted by atomic mass is 9.94. The van der Waals surface area contributed by atoms with Crippen LogP contribution in [0, 0.1) is 0 Å². The molecule has 0 aliphatic carbocycles. The van der Waals surface area contributed by atoms with Crippen molar-refractivity contribution in [2.45, 2.75) is 32.7 Å². The Balaban J connectivity index is 1.78. The van der Waals surface area contributed by atoms with Crippen LogP contribution in [0.5, 0.6) is 0 Å². The van der Waals surface area contributed by atoms with Crippen molar-refractivity contribution in [1.82, 2.24) is 20.4 Å². The molecule has 0 saturated heterocycles. The van der Waals surface area contributed by atoms with E-state index in [-0.39, 0.29) is 6.03 Å². The number of unbranched alkanes of at least 4 members (excludes halogenated alkanes) is 1. The number of carbonyl (C=O) groups is 1. The van der Waals surface area contributed by atoms with Gasteiger partial charge in [-0.25, -0.2) is 4.79 Å². The van der Waals surface area contributed by atoms with Crippen LogP contribution in [-0.2, 0) is 0 Å². The fraction of sp³-hybridized carbons (Fsp3) is 0.261. The van der Waals surface area contributed by atoms with E-state index in [1.807, 2.05) is 31.2 Å². The first-order chi connectivity index (χ1) is 15.0. The van der Waals surface area contributed by atoms with Gasteiger partial charge in [-0.15, -0.1) is 0 Å². The fourth-order valence-corrected chi connectivity index (χ4v) is 3.85. The summed E-state index contributed by atoms with van der Waals surface area (Å²) in [6.07, 6.45) is 1.87. The van der Waals surface area contributed by atoms with Crippen LogP contribution in [0.4, 0.5) is 4.79 Å². The Morgan fingerprint density at radius 2 is 1.71 bits per heavy atom. The van der Waals surface area contributed by atoms with Gasteiger partial charge >= 0.3 is 6.03 Å². The van der Waals surface area contributed by atoms with Gasteiger partial charge in [-0.2, -0.15) is 4.98 Å². The Labute approximate surface area is 190 Å². The molecule has 160 valence electrons. The average molecular weight is 457 g/mol. The standard InChI is InChI=1S/C23H22Cl2N4O2/c1-3-4-13-29-14(2)19(20(26-23(29)30)15-5-9-17(24)10-6-15)22-27-21(28-31-22)16-7-11-18(25)12-8-16/h5-12,20H,3-4,13H2,1-2H3,(H,26,30). The molecule has 0 spiro atoms. The maximum atomic E-state index is 12.9. The van der Waals surface area contributed by atoms with E-state index < -0.39 is 6.04 Å². The molecule has 2 heterocycles. The summed E-state index contributed by atoms with van der Waals surface area (Å²) in [6.45, 7) is 4.62. The van der Waals surface area contributed by atoms with Crippen molar-refractivity contribution in [2.75, 3.05) is 6.54 Å². The van der Waals surface area contributed by atoms with Crippen molar-refractivity contribution in [3.63, 3.8) is 0 Å². The van der Waals surface area contributed by atoms with Gasteiger partial charge in [0, 0.05) is 27.9 Å². The maximum Gasteiger partial charge on any atom is 0.322 e. The van der Waals surface area contributed by atoms with Gasteiger partial charge < -0.3 is 9.84 Å². The van der Waals surface area contributed by atoms with Gasteiger partial charge in [0.2, 0.25) is 5.82 Å². The molecule has 1 N–H and O–H groups in total. The number of benzene rings is 2. The van der Waals surface area contributed by atoms with Gasteiger partial charge in [0.25, 0.3) is 5.89 Å². The number of nitrogens with zero attached hydrogens (tertiary/aromatic N) is 3. The molecule has 1 unspecified atom stereocenters. The third-order valence-electron chi connectivity index (χ3n) is 5.29. The second-order valence-electron chi connectivity index (χ2n) is 7.37. The number of urea groups is 1. The Kier molecular flexibility index (Phi) is 6.30. The van der Waals surface area contributed by atoms with E-state index in [9.17, 15) is 4.79 Å². The minimum atomic E-state index is -0.429. The highest BCUT2D eigenvalue weighted by Gasteiger charge is 2.35. The molecular formula is C23H22Cl2N4O2. The summed E-state index contributed by atoms with van der Waals surface area (Å²) in [6, 6.07) is 14.0. The minimum absolute atomic E-state index is 0.146. The lowest BCUT2D eigenvalue weighted by molar-refractivity contribution is 0.204. The zero-order chi connectivity index (χ0) is 22.0. The Hall–Kier alpha value is -2.83. The van der Waals surface area contributed by atoms with Gasteiger partial charge in [-0.05, 0) is 55.3 Å². The molecule has 2 amide bonds. The summed E-state index contributed by atoms with van der Waals surface area (Å²) in [5.41, 5.74) is 3.24. The van der Waals surface area contributed by atoms with Crippen molar-refractivity contribution in [1.29, 1.82) is 0 Å². The van der Waals surface area contributed by atoms with Crippen LogP contribution in [0.25, 0.3) is 17.0 Å². The van der Waals surface area contributed by atoms with Crippen molar-refractivity contribution < 1.29 is 9.32 Å². The zero-order valence-electron chi connectivity index (χ0n) is 17.2. The van der Waals surface area contributed by atoms with Gasteiger partial charge in [-0.3, -0.25) is 4.90 Å². The second-order valence-corrected chi connectivity index (χ2v) is 8.24. The van der Waals surface area contributed by atoms with Crippen molar-refractivity contribution in [3.05, 3.63) is 75.7 Å². The van der Waals surface area contributed by atoms with E-state index in [2.05, 4.69) is 22.4 Å². The quantitative estimate of drug-likeness (QED) is 0.469. The summed E-state index contributed by atoms with van der Waals surface area (Å²) < 4.78 is 5.67. The van der Waals surface area contributed by atoms with Crippen LogP contribution in [0.15, 0.2) is 58.8 Å². The first-order valence-corrected chi connectivity index (χ1v) is 10.9. The van der Waals surface area contributed by atoms with E-state index in [0.29, 0.717) is 28.3 Å². The number of allylic oxidation sites excluding steroid dienone is 1. The minimum Gasteiger partial charge on any atom is -0.334 e. The van der Waals surface area contributed by atoms with Crippen molar-refractivity contribution >= 4 is 34.8 Å². The number of nitrogens with one attached hydrogen (secondary N) is 1. The number of halogens is 2. The number of amides is 2. The molecule has 31 heavy (non-hydrogen) atoms. The Morgan fingerprint density at radius 3 is 2.35 bits per heavy atom. The topological polar surface area (TPSA) is 71.3 Å². The highest BCUT2D eigenvalue weighted by atomic mass is 35.5. The molecule has 6 nitrogen and oxygen atoms in total. The third kappa shape index (κ3) is 4.45. The molecule has 1 aromatic heterocycles. The molecule has 1 atom stereocenters. The summed E-state index contributed by atoms with van der Waals surface area (Å²) in [7, 11) is 0. The highest BCUT2D eigenvalue weighted by Crippen LogP contribution is 2.37. The van der Waals surface area contributed by atoms with Gasteiger partial charge in [0.15, 0.2) is 0 Å². The van der Waals surface area contributed by atoms with Gasteiger partial charge in [0.05, 0.1) is 11.6 Å². The molecule has 8 heteroatoms. The van der Waals surface area contributed by atoms with E-state index in [4.69, 9.17) is 27.7 Å². The average Bonchev–Trinajstić information content (AvgIpc) is 3.24. The van der Waals surface area contributed by atoms with Crippen LogP contribution in [0.3, 0.4) is 0 Å². The van der Waals surface area contributed by atoms with Crippen LogP contribution >= 0.6 is 23.2 Å². The predicted molar refractivity (Wildman–Crippen MR) is 122 cm³/mol. The monoisotopic (exact) mass is 456 g/mol. The number of hydrogen-bond donors (Lipinski definition) is 1. The maximum absolute atomic E-state index is 12.9. The van der Waals surface area contributed by atoms with Gasteiger partial charge in [0.1, 0.15) is 0 Å². The molecule has 4 rings (SSSR count). The Morgan fingerprint density at radius 1 is 1.06 bits per heavy atom. The molecule has 3 aromatic rings. The smallest absolute Gasteiger partial charge is 0.322 e. The van der Waals surface area contributed by atoms with Crippen LogP contribution in [0.1, 0.15) is 44.2 Å². The number of aromatic nitrogens is 2. The van der Waals surface area contributed by atoms with E-state index in [0.717, 1.165) is 35.2 Å². The lowest BCUT2D eigenvalue weighted by Gasteiger charge is -2.35.